The summed E-state index contributed by atoms with van der Waals surface area (Å²) in [5.41, 5.74) is 5.31. The van der Waals surface area contributed by atoms with Crippen molar-refractivity contribution in [1.82, 2.24) is 9.80 Å². The Morgan fingerprint density at radius 2 is 1.78 bits per heavy atom. The highest BCUT2D eigenvalue weighted by atomic mass is 32.2. The Morgan fingerprint density at radius 3 is 2.56 bits per heavy atom. The van der Waals surface area contributed by atoms with Crippen LogP contribution >= 0.6 is 11.8 Å². The number of likely N-dealkylation sites (tertiary alicyclic amines) is 2. The van der Waals surface area contributed by atoms with Gasteiger partial charge in [0.1, 0.15) is 0 Å². The van der Waals surface area contributed by atoms with E-state index in [2.05, 4.69) is 15.9 Å². The summed E-state index contributed by atoms with van der Waals surface area (Å²) in [6.45, 7) is 3.20. The third-order valence-corrected chi connectivity index (χ3v) is 8.34. The topological polar surface area (TPSA) is 66.6 Å². The molecule has 27 heavy (non-hydrogen) atoms. The van der Waals surface area contributed by atoms with Gasteiger partial charge in [-0.2, -0.15) is 0 Å². The van der Waals surface area contributed by atoms with Crippen LogP contribution in [0.4, 0.5) is 0 Å². The molecule has 0 spiro atoms. The van der Waals surface area contributed by atoms with Gasteiger partial charge in [-0.15, -0.1) is 11.8 Å². The maximum Gasteiger partial charge on any atom is 0.231 e. The molecule has 2 N–H and O–H groups in total. The predicted molar refractivity (Wildman–Crippen MR) is 109 cm³/mol. The Kier molecular flexibility index (Phi) is 6.12. The van der Waals surface area contributed by atoms with Crippen LogP contribution < -0.4 is 5.73 Å². The lowest BCUT2D eigenvalue weighted by Gasteiger charge is -2.44. The van der Waals surface area contributed by atoms with Crippen molar-refractivity contribution in [3.8, 4) is 0 Å². The normalized spacial score (nSPS) is 32.8. The van der Waals surface area contributed by atoms with Crippen molar-refractivity contribution >= 4 is 23.6 Å². The van der Waals surface area contributed by atoms with Crippen LogP contribution in [0.5, 0.6) is 0 Å². The molecular formula is C21H33N3O2S. The van der Waals surface area contributed by atoms with Crippen molar-refractivity contribution in [2.75, 3.05) is 31.9 Å². The van der Waals surface area contributed by atoms with Gasteiger partial charge < -0.3 is 10.6 Å². The van der Waals surface area contributed by atoms with Gasteiger partial charge in [0.05, 0.1) is 12.5 Å². The van der Waals surface area contributed by atoms with Gasteiger partial charge in [-0.25, -0.2) is 0 Å². The molecule has 0 aromatic rings. The van der Waals surface area contributed by atoms with E-state index in [1.165, 1.54) is 43.4 Å². The highest BCUT2D eigenvalue weighted by Gasteiger charge is 2.39. The van der Waals surface area contributed by atoms with E-state index in [1.807, 2.05) is 11.8 Å². The molecule has 150 valence electrons. The molecule has 1 aliphatic carbocycles. The van der Waals surface area contributed by atoms with Gasteiger partial charge in [-0.1, -0.05) is 18.9 Å². The third kappa shape index (κ3) is 4.37. The van der Waals surface area contributed by atoms with Crippen molar-refractivity contribution in [2.24, 2.45) is 23.5 Å². The molecule has 2 amide bonds. The Hall–Kier alpha value is -1.01. The number of carbonyl (C=O) groups excluding carboxylic acids is 2. The summed E-state index contributed by atoms with van der Waals surface area (Å²) in [5.74, 6) is 2.46. The number of amides is 2. The van der Waals surface area contributed by atoms with Crippen LogP contribution in [0.1, 0.15) is 51.4 Å². The average Bonchev–Trinajstić information content (AvgIpc) is 3.17. The predicted octanol–water partition coefficient (Wildman–Crippen LogP) is 2.61. The molecule has 4 aliphatic rings. The minimum atomic E-state index is -0.240. The first-order valence-corrected chi connectivity index (χ1v) is 11.8. The summed E-state index contributed by atoms with van der Waals surface area (Å²) < 4.78 is 0. The average molecular weight is 392 g/mol. The van der Waals surface area contributed by atoms with Crippen LogP contribution in [-0.2, 0) is 9.59 Å². The largest absolute Gasteiger partial charge is 0.369 e. The summed E-state index contributed by atoms with van der Waals surface area (Å²) in [6, 6.07) is 0.513. The second-order valence-corrected chi connectivity index (χ2v) is 9.88. The number of nitrogens with zero attached hydrogens (tertiary/aromatic N) is 2. The Balaban J connectivity index is 1.35. The lowest BCUT2D eigenvalue weighted by Crippen LogP contribution is -2.51. The summed E-state index contributed by atoms with van der Waals surface area (Å²) in [4.78, 5) is 30.2. The van der Waals surface area contributed by atoms with Gasteiger partial charge in [0.25, 0.3) is 0 Å². The van der Waals surface area contributed by atoms with E-state index in [9.17, 15) is 9.59 Å². The molecule has 0 aromatic heterocycles. The van der Waals surface area contributed by atoms with Crippen molar-refractivity contribution in [3.05, 3.63) is 11.0 Å². The van der Waals surface area contributed by atoms with Crippen LogP contribution in [-0.4, -0.2) is 59.6 Å². The molecule has 0 aromatic carbocycles. The first-order chi connectivity index (χ1) is 13.1. The number of primary amides is 1. The molecule has 3 unspecified atom stereocenters. The number of thioether (sulfide) groups is 1. The second-order valence-electron chi connectivity index (χ2n) is 8.79. The van der Waals surface area contributed by atoms with Crippen LogP contribution in [0.15, 0.2) is 11.0 Å². The second kappa shape index (κ2) is 8.56. The van der Waals surface area contributed by atoms with Gasteiger partial charge in [0, 0.05) is 18.3 Å². The number of nitrogens with two attached hydrogens (primary N) is 1. The summed E-state index contributed by atoms with van der Waals surface area (Å²) in [5, 5.41) is 0. The number of allylic oxidation sites excluding steroid dienone is 1. The zero-order valence-corrected chi connectivity index (χ0v) is 17.1. The number of hydrogen-bond donors (Lipinski definition) is 1. The highest BCUT2D eigenvalue weighted by molar-refractivity contribution is 8.03. The SMILES string of the molecule is NC(=O)CN1CCC(C2=CC(C(=O)N3CCCC4CCCCC43)CS2)CC1. The van der Waals surface area contributed by atoms with E-state index in [4.69, 9.17) is 5.73 Å². The van der Waals surface area contributed by atoms with Crippen molar-refractivity contribution in [2.45, 2.75) is 57.4 Å². The maximum atomic E-state index is 13.3. The molecule has 3 heterocycles. The van der Waals surface area contributed by atoms with Crippen LogP contribution in [0.2, 0.25) is 0 Å². The fourth-order valence-corrected chi connectivity index (χ4v) is 6.93. The van der Waals surface area contributed by atoms with E-state index in [1.54, 1.807) is 0 Å². The van der Waals surface area contributed by atoms with E-state index in [0.717, 1.165) is 44.1 Å². The Labute approximate surface area is 167 Å². The maximum absolute atomic E-state index is 13.3. The fraction of sp³-hybridized carbons (Fsp3) is 0.810. The van der Waals surface area contributed by atoms with Gasteiger partial charge >= 0.3 is 0 Å². The number of piperidine rings is 2. The highest BCUT2D eigenvalue weighted by Crippen LogP contribution is 2.41. The molecule has 3 aliphatic heterocycles. The quantitative estimate of drug-likeness (QED) is 0.800. The smallest absolute Gasteiger partial charge is 0.231 e. The number of rotatable bonds is 4. The number of hydrogen-bond acceptors (Lipinski definition) is 4. The van der Waals surface area contributed by atoms with Crippen molar-refractivity contribution in [1.29, 1.82) is 0 Å². The summed E-state index contributed by atoms with van der Waals surface area (Å²) >= 11 is 1.90. The van der Waals surface area contributed by atoms with Gasteiger partial charge in [0.2, 0.25) is 11.8 Å². The lowest BCUT2D eigenvalue weighted by molar-refractivity contribution is -0.139. The standard InChI is InChI=1S/C21H33N3O2S/c22-20(25)13-23-10-7-16(8-11-23)19-12-17(14-27-19)21(26)24-9-3-5-15-4-1-2-6-18(15)24/h12,15-18H,1-11,13-14H2,(H2,22,25). The van der Waals surface area contributed by atoms with E-state index >= 15 is 0 Å². The van der Waals surface area contributed by atoms with E-state index in [-0.39, 0.29) is 11.8 Å². The van der Waals surface area contributed by atoms with Crippen molar-refractivity contribution in [3.63, 3.8) is 0 Å². The molecule has 5 nitrogen and oxygen atoms in total. The Morgan fingerprint density at radius 1 is 1.04 bits per heavy atom. The first-order valence-electron chi connectivity index (χ1n) is 10.8. The molecule has 2 saturated heterocycles. The molecule has 1 saturated carbocycles. The van der Waals surface area contributed by atoms with E-state index in [0.29, 0.717) is 24.4 Å². The molecule has 0 radical (unpaired) electrons. The van der Waals surface area contributed by atoms with Crippen LogP contribution in [0.25, 0.3) is 0 Å². The molecule has 0 bridgehead atoms. The Bertz CT molecular complexity index is 598. The fourth-order valence-electron chi connectivity index (χ4n) is 5.58. The summed E-state index contributed by atoms with van der Waals surface area (Å²) in [7, 11) is 0. The monoisotopic (exact) mass is 391 g/mol. The van der Waals surface area contributed by atoms with Gasteiger partial charge in [-0.05, 0) is 68.4 Å². The molecule has 3 fully saturated rings. The number of carbonyl (C=O) groups is 2. The van der Waals surface area contributed by atoms with Crippen LogP contribution in [0, 0.1) is 17.8 Å². The number of fused-ring (bicyclic) bond motifs is 1. The molecule has 3 atom stereocenters. The minimum Gasteiger partial charge on any atom is -0.369 e. The summed E-state index contributed by atoms with van der Waals surface area (Å²) in [6.07, 6.45) is 12.1. The zero-order valence-electron chi connectivity index (χ0n) is 16.3. The van der Waals surface area contributed by atoms with Gasteiger partial charge in [-0.3, -0.25) is 14.5 Å². The zero-order chi connectivity index (χ0) is 18.8. The third-order valence-electron chi connectivity index (χ3n) is 7.01. The van der Waals surface area contributed by atoms with E-state index < -0.39 is 0 Å². The lowest BCUT2D eigenvalue weighted by atomic mass is 9.78. The van der Waals surface area contributed by atoms with Crippen molar-refractivity contribution < 1.29 is 9.59 Å². The molecule has 4 rings (SSSR count). The van der Waals surface area contributed by atoms with Crippen LogP contribution in [0.3, 0.4) is 0 Å². The molecular weight excluding hydrogens is 358 g/mol. The first kappa shape index (κ1) is 19.3. The van der Waals surface area contributed by atoms with Gasteiger partial charge in [0.15, 0.2) is 0 Å². The molecule has 6 heteroatoms. The minimum absolute atomic E-state index is 0.0781.